The minimum atomic E-state index is -0.477. The predicted octanol–water partition coefficient (Wildman–Crippen LogP) is 2.94. The highest BCUT2D eigenvalue weighted by atomic mass is 79.9. The number of ketones is 1. The van der Waals surface area contributed by atoms with Crippen LogP contribution in [0.5, 0.6) is 5.75 Å². The summed E-state index contributed by atoms with van der Waals surface area (Å²) in [7, 11) is 0. The van der Waals surface area contributed by atoms with E-state index in [9.17, 15) is 9.90 Å². The van der Waals surface area contributed by atoms with Gasteiger partial charge in [0.25, 0.3) is 0 Å². The van der Waals surface area contributed by atoms with Crippen LogP contribution in [-0.4, -0.2) is 16.1 Å². The van der Waals surface area contributed by atoms with Gasteiger partial charge in [-0.3, -0.25) is 4.79 Å². The van der Waals surface area contributed by atoms with Crippen LogP contribution in [-0.2, 0) is 0 Å². The molecule has 0 aliphatic carbocycles. The van der Waals surface area contributed by atoms with Gasteiger partial charge in [0.05, 0.1) is 10.8 Å². The van der Waals surface area contributed by atoms with Crippen LogP contribution in [0.25, 0.3) is 0 Å². The molecule has 0 spiro atoms. The third-order valence-corrected chi connectivity index (χ3v) is 2.99. The van der Waals surface area contributed by atoms with Crippen molar-refractivity contribution in [2.75, 3.05) is 0 Å². The summed E-state index contributed by atoms with van der Waals surface area (Å²) >= 11 is 4.10. The Balaban J connectivity index is 3.01. The van der Waals surface area contributed by atoms with Gasteiger partial charge in [-0.1, -0.05) is 15.9 Å². The number of phenolic OH excluding ortho intramolecular Hbond substituents is 1. The number of hydrogen-bond donors (Lipinski definition) is 1. The average Bonchev–Trinajstić information content (AvgIpc) is 2.21. The number of nitriles is 1. The largest absolute Gasteiger partial charge is 0.507 e. The van der Waals surface area contributed by atoms with Crippen molar-refractivity contribution < 1.29 is 9.90 Å². The van der Waals surface area contributed by atoms with Crippen molar-refractivity contribution in [3.05, 3.63) is 28.2 Å². The molecule has 3 nitrogen and oxygen atoms in total. The second-order valence-electron chi connectivity index (χ2n) is 2.88. The maximum atomic E-state index is 11.8. The first-order chi connectivity index (χ1) is 7.06. The summed E-state index contributed by atoms with van der Waals surface area (Å²) in [5, 5.41) is 19.3. The molecule has 0 aliphatic heterocycles. The lowest BCUT2D eigenvalue weighted by molar-refractivity contribution is 0.0991. The topological polar surface area (TPSA) is 61.1 Å². The Morgan fingerprint density at radius 2 is 2.33 bits per heavy atom. The van der Waals surface area contributed by atoms with Gasteiger partial charge < -0.3 is 5.11 Å². The van der Waals surface area contributed by atoms with E-state index in [0.717, 1.165) is 16.2 Å². The zero-order valence-electron chi connectivity index (χ0n) is 7.90. The minimum Gasteiger partial charge on any atom is -0.507 e. The van der Waals surface area contributed by atoms with Gasteiger partial charge >= 0.3 is 0 Å². The first-order valence-electron chi connectivity index (χ1n) is 4.13. The minimum absolute atomic E-state index is 0.0615. The summed E-state index contributed by atoms with van der Waals surface area (Å²) in [5.74, 6) is -0.311. The number of thioether (sulfide) groups is 1. The van der Waals surface area contributed by atoms with Crippen LogP contribution in [0.15, 0.2) is 22.7 Å². The first kappa shape index (κ1) is 12.1. The maximum Gasteiger partial charge on any atom is 0.180 e. The van der Waals surface area contributed by atoms with Crippen molar-refractivity contribution in [3.8, 4) is 11.2 Å². The molecule has 1 N–H and O–H groups in total. The molecule has 0 aliphatic rings. The highest BCUT2D eigenvalue weighted by Gasteiger charge is 2.19. The lowest BCUT2D eigenvalue weighted by Crippen LogP contribution is -2.12. The number of carbonyl (C=O) groups is 1. The van der Waals surface area contributed by atoms with Crippen molar-refractivity contribution >= 4 is 33.5 Å². The van der Waals surface area contributed by atoms with Gasteiger partial charge in [-0.2, -0.15) is 5.26 Å². The van der Waals surface area contributed by atoms with Crippen LogP contribution in [0.1, 0.15) is 17.3 Å². The molecule has 0 aromatic heterocycles. The SMILES string of the molecule is C[C@H](SC#N)C(=O)c1cc(Br)ccc1O. The Kier molecular flexibility index (Phi) is 4.18. The van der Waals surface area contributed by atoms with Gasteiger partial charge in [0.2, 0.25) is 0 Å². The van der Waals surface area contributed by atoms with Gasteiger partial charge in [-0.05, 0) is 36.9 Å². The molecule has 0 heterocycles. The van der Waals surface area contributed by atoms with Crippen molar-refractivity contribution in [2.45, 2.75) is 12.2 Å². The summed E-state index contributed by atoms with van der Waals surface area (Å²) in [5.41, 5.74) is 0.236. The Hall–Kier alpha value is -0.990. The molecular formula is C10H8BrNO2S. The van der Waals surface area contributed by atoms with Crippen molar-refractivity contribution in [1.82, 2.24) is 0 Å². The van der Waals surface area contributed by atoms with E-state index in [4.69, 9.17) is 5.26 Å². The number of nitrogens with zero attached hydrogens (tertiary/aromatic N) is 1. The number of benzene rings is 1. The number of halogens is 1. The zero-order chi connectivity index (χ0) is 11.4. The molecule has 5 heteroatoms. The van der Waals surface area contributed by atoms with E-state index >= 15 is 0 Å². The molecule has 1 aromatic carbocycles. The van der Waals surface area contributed by atoms with Gasteiger partial charge in [-0.25, -0.2) is 0 Å². The Morgan fingerprint density at radius 1 is 1.67 bits per heavy atom. The molecule has 78 valence electrons. The fourth-order valence-corrected chi connectivity index (χ4v) is 1.81. The van der Waals surface area contributed by atoms with Crippen LogP contribution in [0.2, 0.25) is 0 Å². The first-order valence-corrected chi connectivity index (χ1v) is 5.81. The molecule has 0 saturated heterocycles. The zero-order valence-corrected chi connectivity index (χ0v) is 10.3. The highest BCUT2D eigenvalue weighted by molar-refractivity contribution is 9.10. The number of phenols is 1. The van der Waals surface area contributed by atoms with Crippen LogP contribution in [0, 0.1) is 10.7 Å². The van der Waals surface area contributed by atoms with E-state index in [0.29, 0.717) is 0 Å². The third-order valence-electron chi connectivity index (χ3n) is 1.82. The van der Waals surface area contributed by atoms with Gasteiger partial charge in [-0.15, -0.1) is 0 Å². The normalized spacial score (nSPS) is 11.8. The summed E-state index contributed by atoms with van der Waals surface area (Å²) in [6.45, 7) is 1.64. The van der Waals surface area contributed by atoms with E-state index in [-0.39, 0.29) is 17.1 Å². The fourth-order valence-electron chi connectivity index (χ4n) is 1.06. The number of carbonyl (C=O) groups excluding carboxylic acids is 1. The highest BCUT2D eigenvalue weighted by Crippen LogP contribution is 2.25. The number of Topliss-reactive ketones (excluding diaryl/α,β-unsaturated/α-hetero) is 1. The van der Waals surface area contributed by atoms with Crippen LogP contribution in [0.4, 0.5) is 0 Å². The molecule has 1 atom stereocenters. The lowest BCUT2D eigenvalue weighted by Gasteiger charge is -2.07. The molecule has 0 saturated carbocycles. The quantitative estimate of drug-likeness (QED) is 0.685. The molecule has 0 bridgehead atoms. The van der Waals surface area contributed by atoms with Gasteiger partial charge in [0.15, 0.2) is 5.78 Å². The smallest absolute Gasteiger partial charge is 0.180 e. The van der Waals surface area contributed by atoms with E-state index < -0.39 is 5.25 Å². The maximum absolute atomic E-state index is 11.8. The second-order valence-corrected chi connectivity index (χ2v) is 4.92. The molecule has 0 amide bonds. The van der Waals surface area contributed by atoms with Crippen molar-refractivity contribution in [3.63, 3.8) is 0 Å². The Bertz CT molecular complexity index is 428. The van der Waals surface area contributed by atoms with Gasteiger partial charge in [0, 0.05) is 4.47 Å². The number of rotatable bonds is 3. The van der Waals surface area contributed by atoms with E-state index in [2.05, 4.69) is 15.9 Å². The van der Waals surface area contributed by atoms with E-state index in [1.165, 1.54) is 6.07 Å². The number of hydrogen-bond acceptors (Lipinski definition) is 4. The van der Waals surface area contributed by atoms with Crippen molar-refractivity contribution in [2.24, 2.45) is 0 Å². The lowest BCUT2D eigenvalue weighted by atomic mass is 10.1. The molecule has 1 rings (SSSR count). The second kappa shape index (κ2) is 5.19. The average molecular weight is 286 g/mol. The molecular weight excluding hydrogens is 278 g/mol. The molecule has 0 fully saturated rings. The van der Waals surface area contributed by atoms with Gasteiger partial charge in [0.1, 0.15) is 11.2 Å². The summed E-state index contributed by atoms with van der Waals surface area (Å²) in [6.07, 6.45) is 0. The summed E-state index contributed by atoms with van der Waals surface area (Å²) < 4.78 is 0.720. The summed E-state index contributed by atoms with van der Waals surface area (Å²) in [6, 6.07) is 4.64. The summed E-state index contributed by atoms with van der Waals surface area (Å²) in [4.78, 5) is 11.8. The van der Waals surface area contributed by atoms with Crippen LogP contribution >= 0.6 is 27.7 Å². The van der Waals surface area contributed by atoms with E-state index in [1.807, 2.05) is 5.40 Å². The standard InChI is InChI=1S/C10H8BrNO2S/c1-6(15-5-12)10(14)8-4-7(11)2-3-9(8)13/h2-4,6,13H,1H3/t6-/m0/s1. The number of thiocyanates is 1. The number of aromatic hydroxyl groups is 1. The Labute approximate surface area is 100 Å². The monoisotopic (exact) mass is 285 g/mol. The predicted molar refractivity (Wildman–Crippen MR) is 62.8 cm³/mol. The van der Waals surface area contributed by atoms with Crippen LogP contribution in [0.3, 0.4) is 0 Å². The molecule has 0 radical (unpaired) electrons. The molecule has 0 unspecified atom stereocenters. The van der Waals surface area contributed by atoms with E-state index in [1.54, 1.807) is 19.1 Å². The fraction of sp³-hybridized carbons (Fsp3) is 0.200. The van der Waals surface area contributed by atoms with Crippen LogP contribution < -0.4 is 0 Å². The van der Waals surface area contributed by atoms with Crippen molar-refractivity contribution in [1.29, 1.82) is 5.26 Å². The third kappa shape index (κ3) is 2.98. The molecule has 1 aromatic rings. The molecule has 15 heavy (non-hydrogen) atoms. The Morgan fingerprint density at radius 3 is 2.93 bits per heavy atom.